The van der Waals surface area contributed by atoms with Crippen molar-refractivity contribution < 1.29 is 9.90 Å². The molecule has 0 aromatic heterocycles. The molecule has 0 aromatic rings. The van der Waals surface area contributed by atoms with Gasteiger partial charge in [0.1, 0.15) is 5.78 Å². The third kappa shape index (κ3) is 4.46. The fraction of sp³-hybridized carbons (Fsp3) is 0.889. The Morgan fingerprint density at radius 2 is 2.17 bits per heavy atom. The first-order chi connectivity index (χ1) is 5.61. The van der Waals surface area contributed by atoms with Crippen LogP contribution in [0.2, 0.25) is 0 Å². The lowest BCUT2D eigenvalue weighted by molar-refractivity contribution is -0.118. The number of aliphatic hydroxyl groups excluding tert-OH is 1. The first-order valence-corrected chi connectivity index (χ1v) is 4.46. The maximum atomic E-state index is 10.8. The molecule has 0 radical (unpaired) electrons. The van der Waals surface area contributed by atoms with Crippen LogP contribution in [0.15, 0.2) is 0 Å². The number of likely N-dealkylation sites (N-methyl/N-ethyl adjacent to an activating group) is 1. The van der Waals surface area contributed by atoms with Crippen molar-refractivity contribution >= 4 is 5.78 Å². The van der Waals surface area contributed by atoms with E-state index in [2.05, 4.69) is 4.90 Å². The van der Waals surface area contributed by atoms with Crippen molar-refractivity contribution in [3.05, 3.63) is 0 Å². The van der Waals surface area contributed by atoms with E-state index in [1.54, 1.807) is 6.92 Å². The number of hydrogen-bond acceptors (Lipinski definition) is 3. The summed E-state index contributed by atoms with van der Waals surface area (Å²) in [5, 5.41) is 8.72. The second-order valence-corrected chi connectivity index (χ2v) is 3.11. The van der Waals surface area contributed by atoms with Crippen molar-refractivity contribution in [2.24, 2.45) is 0 Å². The molecule has 0 aromatic carbocycles. The zero-order chi connectivity index (χ0) is 9.56. The van der Waals surface area contributed by atoms with E-state index in [-0.39, 0.29) is 18.4 Å². The number of aliphatic hydroxyl groups is 1. The van der Waals surface area contributed by atoms with Gasteiger partial charge in [-0.05, 0) is 20.4 Å². The Hall–Kier alpha value is -0.410. The summed E-state index contributed by atoms with van der Waals surface area (Å²) in [6.45, 7) is 7.35. The molecule has 0 bridgehead atoms. The van der Waals surface area contributed by atoms with E-state index in [1.165, 1.54) is 0 Å². The largest absolute Gasteiger partial charge is 0.395 e. The van der Waals surface area contributed by atoms with Crippen LogP contribution in [0.4, 0.5) is 0 Å². The lowest BCUT2D eigenvalue weighted by Gasteiger charge is -2.25. The quantitative estimate of drug-likeness (QED) is 0.641. The van der Waals surface area contributed by atoms with E-state index in [9.17, 15) is 4.79 Å². The molecule has 0 aliphatic rings. The van der Waals surface area contributed by atoms with Crippen LogP contribution in [0.3, 0.4) is 0 Å². The average Bonchev–Trinajstić information content (AvgIpc) is 1.98. The standard InChI is InChI=1S/C9H19NO2/c1-4-10(5-6-11)8(2)7-9(3)12/h8,11H,4-7H2,1-3H3. The lowest BCUT2D eigenvalue weighted by atomic mass is 10.1. The van der Waals surface area contributed by atoms with Crippen molar-refractivity contribution in [2.45, 2.75) is 33.2 Å². The number of hydrogen-bond donors (Lipinski definition) is 1. The summed E-state index contributed by atoms with van der Waals surface area (Å²) in [5.74, 6) is 0.207. The predicted octanol–water partition coefficient (Wildman–Crippen LogP) is 0.668. The lowest BCUT2D eigenvalue weighted by Crippen LogP contribution is -2.36. The molecule has 0 heterocycles. The van der Waals surface area contributed by atoms with E-state index in [0.29, 0.717) is 13.0 Å². The maximum Gasteiger partial charge on any atom is 0.131 e. The van der Waals surface area contributed by atoms with Gasteiger partial charge in [0.2, 0.25) is 0 Å². The number of rotatable bonds is 6. The molecule has 0 saturated heterocycles. The predicted molar refractivity (Wildman–Crippen MR) is 49.1 cm³/mol. The van der Waals surface area contributed by atoms with Gasteiger partial charge in [0, 0.05) is 19.0 Å². The van der Waals surface area contributed by atoms with Gasteiger partial charge in [-0.2, -0.15) is 0 Å². The van der Waals surface area contributed by atoms with Gasteiger partial charge in [0.15, 0.2) is 0 Å². The topological polar surface area (TPSA) is 40.5 Å². The number of ketones is 1. The highest BCUT2D eigenvalue weighted by Crippen LogP contribution is 2.03. The Morgan fingerprint density at radius 1 is 1.58 bits per heavy atom. The molecule has 12 heavy (non-hydrogen) atoms. The van der Waals surface area contributed by atoms with Gasteiger partial charge in [0.25, 0.3) is 0 Å². The summed E-state index contributed by atoms with van der Waals surface area (Å²) in [6.07, 6.45) is 0.577. The minimum absolute atomic E-state index is 0.163. The highest BCUT2D eigenvalue weighted by molar-refractivity contribution is 5.76. The molecular weight excluding hydrogens is 154 g/mol. The second-order valence-electron chi connectivity index (χ2n) is 3.11. The van der Waals surface area contributed by atoms with Gasteiger partial charge >= 0.3 is 0 Å². The zero-order valence-electron chi connectivity index (χ0n) is 8.21. The minimum Gasteiger partial charge on any atom is -0.395 e. The average molecular weight is 173 g/mol. The molecule has 0 rings (SSSR count). The number of nitrogens with zero attached hydrogens (tertiary/aromatic N) is 1. The summed E-state index contributed by atoms with van der Waals surface area (Å²) in [4.78, 5) is 12.9. The summed E-state index contributed by atoms with van der Waals surface area (Å²) in [7, 11) is 0. The molecular formula is C9H19NO2. The molecule has 1 N–H and O–H groups in total. The molecule has 0 amide bonds. The minimum atomic E-state index is 0.163. The van der Waals surface area contributed by atoms with E-state index in [1.807, 2.05) is 13.8 Å². The van der Waals surface area contributed by atoms with Crippen molar-refractivity contribution in [3.8, 4) is 0 Å². The summed E-state index contributed by atoms with van der Waals surface area (Å²) in [5.41, 5.74) is 0. The van der Waals surface area contributed by atoms with Crippen LogP contribution in [-0.4, -0.2) is 41.5 Å². The highest BCUT2D eigenvalue weighted by Gasteiger charge is 2.12. The van der Waals surface area contributed by atoms with Crippen LogP contribution in [-0.2, 0) is 4.79 Å². The van der Waals surface area contributed by atoms with Crippen LogP contribution in [0, 0.1) is 0 Å². The first kappa shape index (κ1) is 11.6. The van der Waals surface area contributed by atoms with E-state index in [4.69, 9.17) is 5.11 Å². The zero-order valence-corrected chi connectivity index (χ0v) is 8.21. The van der Waals surface area contributed by atoms with Crippen molar-refractivity contribution in [1.29, 1.82) is 0 Å². The third-order valence-corrected chi connectivity index (χ3v) is 2.00. The Kier molecular flexibility index (Phi) is 5.93. The van der Waals surface area contributed by atoms with E-state index < -0.39 is 0 Å². The van der Waals surface area contributed by atoms with Crippen LogP contribution in [0.25, 0.3) is 0 Å². The number of Topliss-reactive ketones (excluding diaryl/α,β-unsaturated/α-hetero) is 1. The van der Waals surface area contributed by atoms with Crippen molar-refractivity contribution in [3.63, 3.8) is 0 Å². The monoisotopic (exact) mass is 173 g/mol. The molecule has 0 saturated carbocycles. The van der Waals surface area contributed by atoms with Gasteiger partial charge in [-0.1, -0.05) is 6.92 Å². The number of carbonyl (C=O) groups is 1. The highest BCUT2D eigenvalue weighted by atomic mass is 16.3. The molecule has 3 heteroatoms. The van der Waals surface area contributed by atoms with Crippen molar-refractivity contribution in [2.75, 3.05) is 19.7 Å². The first-order valence-electron chi connectivity index (χ1n) is 4.46. The second kappa shape index (κ2) is 6.14. The molecule has 3 nitrogen and oxygen atoms in total. The summed E-state index contributed by atoms with van der Waals surface area (Å²) in [6, 6.07) is 0.250. The fourth-order valence-corrected chi connectivity index (χ4v) is 1.36. The van der Waals surface area contributed by atoms with Gasteiger partial charge < -0.3 is 5.11 Å². The van der Waals surface area contributed by atoms with E-state index in [0.717, 1.165) is 6.54 Å². The molecule has 1 atom stereocenters. The van der Waals surface area contributed by atoms with Crippen LogP contribution < -0.4 is 0 Å². The molecule has 0 aliphatic carbocycles. The van der Waals surface area contributed by atoms with E-state index >= 15 is 0 Å². The maximum absolute atomic E-state index is 10.8. The summed E-state index contributed by atoms with van der Waals surface area (Å²) >= 11 is 0. The van der Waals surface area contributed by atoms with Crippen molar-refractivity contribution in [1.82, 2.24) is 4.90 Å². The molecule has 0 aliphatic heterocycles. The van der Waals surface area contributed by atoms with Gasteiger partial charge in [-0.15, -0.1) is 0 Å². The molecule has 1 unspecified atom stereocenters. The van der Waals surface area contributed by atoms with Gasteiger partial charge in [-0.25, -0.2) is 0 Å². The normalized spacial score (nSPS) is 13.4. The molecule has 0 spiro atoms. The Balaban J connectivity index is 3.84. The fourth-order valence-electron chi connectivity index (χ4n) is 1.36. The smallest absolute Gasteiger partial charge is 0.131 e. The Morgan fingerprint density at radius 3 is 2.50 bits per heavy atom. The Bertz CT molecular complexity index is 136. The number of carbonyl (C=O) groups excluding carboxylic acids is 1. The SMILES string of the molecule is CCN(CCO)C(C)CC(C)=O. The van der Waals surface area contributed by atoms with Crippen LogP contribution in [0.5, 0.6) is 0 Å². The molecule has 0 fully saturated rings. The third-order valence-electron chi connectivity index (χ3n) is 2.00. The van der Waals surface area contributed by atoms with Gasteiger partial charge in [0.05, 0.1) is 6.61 Å². The van der Waals surface area contributed by atoms with Gasteiger partial charge in [-0.3, -0.25) is 9.69 Å². The Labute approximate surface area is 74.4 Å². The summed E-state index contributed by atoms with van der Waals surface area (Å²) < 4.78 is 0. The van der Waals surface area contributed by atoms with Crippen LogP contribution in [0.1, 0.15) is 27.2 Å². The van der Waals surface area contributed by atoms with Crippen LogP contribution >= 0.6 is 0 Å². The molecule has 72 valence electrons.